The predicted molar refractivity (Wildman–Crippen MR) is 147 cm³/mol. The van der Waals surface area contributed by atoms with Gasteiger partial charge in [-0.2, -0.15) is 14.2 Å². The van der Waals surface area contributed by atoms with Crippen molar-refractivity contribution in [1.29, 1.82) is 0 Å². The van der Waals surface area contributed by atoms with E-state index in [9.17, 15) is 8.42 Å². The summed E-state index contributed by atoms with van der Waals surface area (Å²) in [7, 11) is -3.46. The van der Waals surface area contributed by atoms with Gasteiger partial charge >= 0.3 is 0 Å². The van der Waals surface area contributed by atoms with E-state index < -0.39 is 10.0 Å². The fourth-order valence-corrected chi connectivity index (χ4v) is 6.05. The molecule has 212 valence electrons. The Hall–Kier alpha value is -3.62. The van der Waals surface area contributed by atoms with Crippen molar-refractivity contribution in [2.24, 2.45) is 0 Å². The highest BCUT2D eigenvalue weighted by atomic mass is 32.2. The summed E-state index contributed by atoms with van der Waals surface area (Å²) in [5.74, 6) is 1.42. The van der Waals surface area contributed by atoms with E-state index in [2.05, 4.69) is 44.2 Å². The Balaban J connectivity index is 1.16. The average molecular weight is 569 g/mol. The molecule has 0 bridgehead atoms. The van der Waals surface area contributed by atoms with Gasteiger partial charge in [-0.15, -0.1) is 0 Å². The minimum absolute atomic E-state index is 0.0898. The van der Waals surface area contributed by atoms with E-state index in [1.54, 1.807) is 18.5 Å². The first-order valence-electron chi connectivity index (χ1n) is 13.5. The molecular weight excluding hydrogens is 536 g/mol. The second-order valence-corrected chi connectivity index (χ2v) is 12.2. The maximum absolute atomic E-state index is 12.5. The van der Waals surface area contributed by atoms with Gasteiger partial charge in [-0.05, 0) is 52.0 Å². The molecule has 0 aromatic carbocycles. The molecule has 5 heterocycles. The summed E-state index contributed by atoms with van der Waals surface area (Å²) in [5, 5.41) is 6.89. The molecule has 1 aliphatic carbocycles. The summed E-state index contributed by atoms with van der Waals surface area (Å²) in [4.78, 5) is 18.0. The van der Waals surface area contributed by atoms with Crippen LogP contribution in [0.2, 0.25) is 0 Å². The number of nitrogens with one attached hydrogen (secondary N) is 1. The van der Waals surface area contributed by atoms with E-state index >= 15 is 0 Å². The van der Waals surface area contributed by atoms with Crippen molar-refractivity contribution in [3.8, 4) is 17.4 Å². The van der Waals surface area contributed by atoms with Crippen molar-refractivity contribution in [2.75, 3.05) is 25.1 Å². The van der Waals surface area contributed by atoms with Gasteiger partial charge in [-0.1, -0.05) is 0 Å². The van der Waals surface area contributed by atoms with Crippen LogP contribution >= 0.6 is 0 Å². The Kier molecular flexibility index (Phi) is 7.38. The molecule has 0 radical (unpaired) electrons. The van der Waals surface area contributed by atoms with Crippen LogP contribution in [0.25, 0.3) is 22.4 Å². The fraction of sp³-hybridized carbons (Fsp3) is 0.500. The van der Waals surface area contributed by atoms with Crippen LogP contribution in [0.1, 0.15) is 52.0 Å². The number of fused-ring (bicyclic) bond motifs is 1. The van der Waals surface area contributed by atoms with Crippen LogP contribution in [0.5, 0.6) is 6.01 Å². The molecule has 14 heteroatoms. The molecule has 40 heavy (non-hydrogen) atoms. The molecule has 13 nitrogen and oxygen atoms in total. The maximum Gasteiger partial charge on any atom is 0.297 e. The minimum Gasteiger partial charge on any atom is -0.462 e. The Labute approximate surface area is 232 Å². The lowest BCUT2D eigenvalue weighted by molar-refractivity contribution is -0.165. The molecule has 1 saturated heterocycles. The minimum atomic E-state index is -3.46. The summed E-state index contributed by atoms with van der Waals surface area (Å²) < 4.78 is 45.4. The first kappa shape index (κ1) is 26.6. The van der Waals surface area contributed by atoms with Crippen LogP contribution in [0, 0.1) is 0 Å². The second-order valence-electron chi connectivity index (χ2n) is 10.2. The van der Waals surface area contributed by atoms with Crippen LogP contribution in [-0.4, -0.2) is 73.5 Å². The van der Waals surface area contributed by atoms with Gasteiger partial charge in [0.2, 0.25) is 0 Å². The smallest absolute Gasteiger partial charge is 0.297 e. The molecule has 0 spiro atoms. The molecule has 6 rings (SSSR count). The molecule has 0 amide bonds. The zero-order valence-corrected chi connectivity index (χ0v) is 23.2. The molecule has 4 aromatic heterocycles. The third kappa shape index (κ3) is 5.64. The number of pyridine rings is 1. The van der Waals surface area contributed by atoms with Crippen molar-refractivity contribution in [3.63, 3.8) is 0 Å². The van der Waals surface area contributed by atoms with Crippen molar-refractivity contribution in [3.05, 3.63) is 36.9 Å². The van der Waals surface area contributed by atoms with Gasteiger partial charge in [-0.25, -0.2) is 23.4 Å². The Morgan fingerprint density at radius 3 is 2.75 bits per heavy atom. The summed E-state index contributed by atoms with van der Waals surface area (Å²) in [6.07, 6.45) is 10.5. The second kappa shape index (κ2) is 11.1. The molecule has 1 atom stereocenters. The van der Waals surface area contributed by atoms with E-state index in [1.807, 2.05) is 10.6 Å². The SMILES string of the molecule is CC(C)n1c(OCCOC2CCCCO2)nc2cnc(Nc3ccnc(-c4cnn(S(=O)(=O)C5CC5)c4)n3)cc21. The van der Waals surface area contributed by atoms with Crippen molar-refractivity contribution < 1.29 is 22.6 Å². The molecular formula is C26H32N8O5S. The van der Waals surface area contributed by atoms with Crippen molar-refractivity contribution >= 4 is 32.7 Å². The standard InChI is InChI=1S/C26H32N8O5S/c1-17(2)34-21-13-23(28-15-20(21)30-26(34)39-12-11-38-24-5-3-4-10-37-24)31-22-8-9-27-25(32-22)18-14-29-33(16-18)40(35,36)19-6-7-19/h8-9,13-17,19,24H,3-7,10-12H2,1-2H3,(H,27,28,31,32). The molecule has 4 aromatic rings. The number of nitrogens with zero attached hydrogens (tertiary/aromatic N) is 7. The van der Waals surface area contributed by atoms with E-state index in [1.165, 1.54) is 12.4 Å². The van der Waals surface area contributed by atoms with Gasteiger partial charge in [0.05, 0.1) is 41.5 Å². The first-order chi connectivity index (χ1) is 19.4. The zero-order valence-electron chi connectivity index (χ0n) is 22.4. The van der Waals surface area contributed by atoms with Gasteiger partial charge in [0.25, 0.3) is 16.0 Å². The number of hydrogen-bond donors (Lipinski definition) is 1. The molecule has 1 aliphatic heterocycles. The molecule has 1 N–H and O–H groups in total. The lowest BCUT2D eigenvalue weighted by atomic mass is 10.2. The number of anilines is 2. The van der Waals surface area contributed by atoms with Crippen LogP contribution in [0.15, 0.2) is 36.9 Å². The molecule has 1 saturated carbocycles. The predicted octanol–water partition coefficient (Wildman–Crippen LogP) is 3.67. The van der Waals surface area contributed by atoms with E-state index in [4.69, 9.17) is 14.2 Å². The lowest BCUT2D eigenvalue weighted by Gasteiger charge is -2.22. The van der Waals surface area contributed by atoms with Crippen molar-refractivity contribution in [2.45, 2.75) is 63.5 Å². The van der Waals surface area contributed by atoms with E-state index in [0.717, 1.165) is 35.5 Å². The molecule has 1 unspecified atom stereocenters. The number of rotatable bonds is 11. The van der Waals surface area contributed by atoms with Crippen LogP contribution in [0.4, 0.5) is 11.6 Å². The molecule has 2 aliphatic rings. The van der Waals surface area contributed by atoms with Gasteiger partial charge in [0.15, 0.2) is 12.1 Å². The van der Waals surface area contributed by atoms with Gasteiger partial charge < -0.3 is 19.5 Å². The number of aromatic nitrogens is 7. The highest BCUT2D eigenvalue weighted by Gasteiger charge is 2.37. The van der Waals surface area contributed by atoms with Gasteiger partial charge in [0.1, 0.15) is 23.8 Å². The maximum atomic E-state index is 12.5. The van der Waals surface area contributed by atoms with Crippen LogP contribution in [0.3, 0.4) is 0 Å². The quantitative estimate of drug-likeness (QED) is 0.264. The summed E-state index contributed by atoms with van der Waals surface area (Å²) in [6, 6.07) is 4.20. The fourth-order valence-electron chi connectivity index (χ4n) is 4.58. The van der Waals surface area contributed by atoms with Crippen molar-refractivity contribution in [1.82, 2.24) is 33.7 Å². The van der Waals surface area contributed by atoms with E-state index in [0.29, 0.717) is 60.6 Å². The third-order valence-electron chi connectivity index (χ3n) is 6.75. The average Bonchev–Trinajstić information content (AvgIpc) is 3.58. The third-order valence-corrected chi connectivity index (χ3v) is 8.79. The summed E-state index contributed by atoms with van der Waals surface area (Å²) >= 11 is 0. The van der Waals surface area contributed by atoms with Gasteiger partial charge in [-0.3, -0.25) is 4.57 Å². The Morgan fingerprint density at radius 1 is 1.10 bits per heavy atom. The Bertz CT molecular complexity index is 1590. The normalized spacial score (nSPS) is 17.9. The van der Waals surface area contributed by atoms with Gasteiger partial charge in [0, 0.05) is 24.9 Å². The monoisotopic (exact) mass is 568 g/mol. The highest BCUT2D eigenvalue weighted by molar-refractivity contribution is 7.90. The zero-order chi connectivity index (χ0) is 27.7. The first-order valence-corrected chi connectivity index (χ1v) is 15.0. The highest BCUT2D eigenvalue weighted by Crippen LogP contribution is 2.31. The largest absolute Gasteiger partial charge is 0.462 e. The summed E-state index contributed by atoms with van der Waals surface area (Å²) in [6.45, 7) is 5.64. The summed E-state index contributed by atoms with van der Waals surface area (Å²) in [5.41, 5.74) is 2.08. The molecule has 2 fully saturated rings. The number of hydrogen-bond acceptors (Lipinski definition) is 11. The topological polar surface area (TPSA) is 148 Å². The van der Waals surface area contributed by atoms with E-state index in [-0.39, 0.29) is 17.6 Å². The van der Waals surface area contributed by atoms with Crippen LogP contribution < -0.4 is 10.1 Å². The lowest BCUT2D eigenvalue weighted by Crippen LogP contribution is -2.24. The number of imidazole rings is 1. The van der Waals surface area contributed by atoms with Crippen LogP contribution in [-0.2, 0) is 19.5 Å². The number of ether oxygens (including phenoxy) is 3. The Morgan fingerprint density at radius 2 is 1.98 bits per heavy atom.